The van der Waals surface area contributed by atoms with Gasteiger partial charge < -0.3 is 14.8 Å². The van der Waals surface area contributed by atoms with E-state index in [4.69, 9.17) is 9.47 Å². The van der Waals surface area contributed by atoms with E-state index in [1.165, 1.54) is 0 Å². The lowest BCUT2D eigenvalue weighted by Crippen LogP contribution is -2.33. The Morgan fingerprint density at radius 3 is 1.92 bits per heavy atom. The molecule has 2 aromatic rings. The molecule has 3 rings (SSSR count). The molecule has 0 radical (unpaired) electrons. The van der Waals surface area contributed by atoms with Crippen LogP contribution in [0.4, 0.5) is 0 Å². The number of esters is 1. The number of methoxy groups -OCH3 is 1. The second kappa shape index (κ2) is 7.94. The summed E-state index contributed by atoms with van der Waals surface area (Å²) in [6.07, 6.45) is 1.60. The van der Waals surface area contributed by atoms with Gasteiger partial charge in [-0.15, -0.1) is 0 Å². The summed E-state index contributed by atoms with van der Waals surface area (Å²) in [4.78, 5) is 24.6. The maximum Gasteiger partial charge on any atom is 0.314 e. The minimum Gasteiger partial charge on any atom is -0.497 e. The molecule has 2 aromatic carbocycles. The number of carbonyl (C=O) groups is 2. The fraction of sp³-hybridized carbons (Fsp3) is 0.300. The molecule has 1 heterocycles. The van der Waals surface area contributed by atoms with Crippen LogP contribution < -0.4 is 14.8 Å². The van der Waals surface area contributed by atoms with E-state index in [1.807, 2.05) is 0 Å². The van der Waals surface area contributed by atoms with Crippen molar-refractivity contribution in [3.63, 3.8) is 0 Å². The lowest BCUT2D eigenvalue weighted by molar-refractivity contribution is -0.139. The number of piperidine rings is 1. The number of nitrogens with one attached hydrogen (secondary N) is 1. The molecule has 0 atom stereocenters. The number of carbonyl (C=O) groups excluding carboxylic acids is 2. The van der Waals surface area contributed by atoms with Gasteiger partial charge in [0.05, 0.1) is 13.0 Å². The molecule has 0 amide bonds. The van der Waals surface area contributed by atoms with Crippen LogP contribution in [0.15, 0.2) is 48.5 Å². The first-order valence-corrected chi connectivity index (χ1v) is 8.38. The summed E-state index contributed by atoms with van der Waals surface area (Å²) in [7, 11) is 1.58. The van der Waals surface area contributed by atoms with Gasteiger partial charge in [-0.05, 0) is 74.5 Å². The van der Waals surface area contributed by atoms with Gasteiger partial charge in [-0.25, -0.2) is 0 Å². The van der Waals surface area contributed by atoms with Crippen LogP contribution in [0.3, 0.4) is 0 Å². The van der Waals surface area contributed by atoms with Crippen molar-refractivity contribution < 1.29 is 19.1 Å². The van der Waals surface area contributed by atoms with Crippen molar-refractivity contribution in [1.82, 2.24) is 5.32 Å². The van der Waals surface area contributed by atoms with E-state index >= 15 is 0 Å². The highest BCUT2D eigenvalue weighted by Crippen LogP contribution is 2.20. The van der Waals surface area contributed by atoms with E-state index in [2.05, 4.69) is 5.32 Å². The Hall–Kier alpha value is -2.66. The molecule has 1 aliphatic rings. The van der Waals surface area contributed by atoms with Gasteiger partial charge in [0, 0.05) is 11.1 Å². The third-order valence-corrected chi connectivity index (χ3v) is 4.36. The Labute approximate surface area is 147 Å². The smallest absolute Gasteiger partial charge is 0.314 e. The zero-order chi connectivity index (χ0) is 17.6. The van der Waals surface area contributed by atoms with Crippen LogP contribution in [0.1, 0.15) is 28.8 Å². The molecule has 0 aliphatic carbocycles. The molecule has 0 aromatic heterocycles. The Morgan fingerprint density at radius 1 is 0.880 bits per heavy atom. The van der Waals surface area contributed by atoms with Crippen molar-refractivity contribution in [2.24, 2.45) is 5.92 Å². The maximum absolute atomic E-state index is 12.5. The van der Waals surface area contributed by atoms with E-state index < -0.39 is 0 Å². The highest BCUT2D eigenvalue weighted by molar-refractivity contribution is 6.09. The maximum atomic E-state index is 12.5. The molecular weight excluding hydrogens is 318 g/mol. The van der Waals surface area contributed by atoms with Gasteiger partial charge >= 0.3 is 5.97 Å². The molecule has 1 N–H and O–H groups in total. The van der Waals surface area contributed by atoms with Crippen molar-refractivity contribution in [1.29, 1.82) is 0 Å². The number of rotatable bonds is 5. The molecule has 0 unspecified atom stereocenters. The third kappa shape index (κ3) is 4.25. The summed E-state index contributed by atoms with van der Waals surface area (Å²) >= 11 is 0. The monoisotopic (exact) mass is 339 g/mol. The first kappa shape index (κ1) is 17.2. The van der Waals surface area contributed by atoms with Gasteiger partial charge in [-0.2, -0.15) is 0 Å². The lowest BCUT2D eigenvalue weighted by Gasteiger charge is -2.20. The predicted octanol–water partition coefficient (Wildman–Crippen LogP) is 2.83. The van der Waals surface area contributed by atoms with Crippen LogP contribution >= 0.6 is 0 Å². The van der Waals surface area contributed by atoms with Gasteiger partial charge in [0.25, 0.3) is 0 Å². The first-order valence-electron chi connectivity index (χ1n) is 8.38. The lowest BCUT2D eigenvalue weighted by atomic mass is 9.98. The molecule has 130 valence electrons. The molecule has 1 saturated heterocycles. The fourth-order valence-corrected chi connectivity index (χ4v) is 2.84. The van der Waals surface area contributed by atoms with Crippen molar-refractivity contribution >= 4 is 11.8 Å². The Balaban J connectivity index is 1.64. The molecule has 5 heteroatoms. The highest BCUT2D eigenvalue weighted by Gasteiger charge is 2.22. The number of hydrogen-bond acceptors (Lipinski definition) is 5. The molecule has 0 bridgehead atoms. The van der Waals surface area contributed by atoms with Gasteiger partial charge in [0.1, 0.15) is 11.5 Å². The van der Waals surface area contributed by atoms with Crippen LogP contribution in [-0.2, 0) is 4.79 Å². The van der Waals surface area contributed by atoms with E-state index in [0.29, 0.717) is 22.6 Å². The molecule has 0 spiro atoms. The second-order valence-corrected chi connectivity index (χ2v) is 6.03. The standard InChI is InChI=1S/C20H21NO4/c1-24-17-6-2-14(3-7-17)19(22)15-4-8-18(9-5-15)25-20(23)16-10-12-21-13-11-16/h2-9,16,21H,10-13H2,1H3. The summed E-state index contributed by atoms with van der Waals surface area (Å²) in [5.41, 5.74) is 1.13. The van der Waals surface area contributed by atoms with Gasteiger partial charge in [-0.1, -0.05) is 0 Å². The Bertz CT molecular complexity index is 731. The second-order valence-electron chi connectivity index (χ2n) is 6.03. The molecule has 1 aliphatic heterocycles. The Kier molecular flexibility index (Phi) is 5.46. The first-order chi connectivity index (χ1) is 12.2. The van der Waals surface area contributed by atoms with E-state index in [-0.39, 0.29) is 17.7 Å². The number of benzene rings is 2. The summed E-state index contributed by atoms with van der Waals surface area (Å²) < 4.78 is 10.5. The third-order valence-electron chi connectivity index (χ3n) is 4.36. The number of hydrogen-bond donors (Lipinski definition) is 1. The quantitative estimate of drug-likeness (QED) is 0.515. The largest absolute Gasteiger partial charge is 0.497 e. The van der Waals surface area contributed by atoms with E-state index in [1.54, 1.807) is 55.6 Å². The van der Waals surface area contributed by atoms with Crippen LogP contribution in [-0.4, -0.2) is 32.0 Å². The van der Waals surface area contributed by atoms with Crippen molar-refractivity contribution in [2.45, 2.75) is 12.8 Å². The Morgan fingerprint density at radius 2 is 1.40 bits per heavy atom. The summed E-state index contributed by atoms with van der Waals surface area (Å²) in [5.74, 6) is 0.836. The van der Waals surface area contributed by atoms with Gasteiger partial charge in [0.15, 0.2) is 5.78 Å². The zero-order valence-corrected chi connectivity index (χ0v) is 14.2. The van der Waals surface area contributed by atoms with Crippen molar-refractivity contribution in [2.75, 3.05) is 20.2 Å². The molecule has 25 heavy (non-hydrogen) atoms. The average molecular weight is 339 g/mol. The highest BCUT2D eigenvalue weighted by atomic mass is 16.5. The van der Waals surface area contributed by atoms with Crippen LogP contribution in [0.5, 0.6) is 11.5 Å². The minimum absolute atomic E-state index is 0.0538. The summed E-state index contributed by atoms with van der Waals surface area (Å²) in [6, 6.07) is 13.6. The average Bonchev–Trinajstić information content (AvgIpc) is 2.69. The van der Waals surface area contributed by atoms with Crippen molar-refractivity contribution in [3.8, 4) is 11.5 Å². The molecule has 5 nitrogen and oxygen atoms in total. The summed E-state index contributed by atoms with van der Waals surface area (Å²) in [5, 5.41) is 3.22. The normalized spacial score (nSPS) is 14.8. The van der Waals surface area contributed by atoms with Crippen LogP contribution in [0.25, 0.3) is 0 Å². The molecule has 1 fully saturated rings. The molecule has 0 saturated carbocycles. The SMILES string of the molecule is COc1ccc(C(=O)c2ccc(OC(=O)C3CCNCC3)cc2)cc1. The number of ether oxygens (including phenoxy) is 2. The number of ketones is 1. The summed E-state index contributed by atoms with van der Waals surface area (Å²) in [6.45, 7) is 1.68. The van der Waals surface area contributed by atoms with Gasteiger partial charge in [-0.3, -0.25) is 9.59 Å². The topological polar surface area (TPSA) is 64.6 Å². The van der Waals surface area contributed by atoms with Crippen LogP contribution in [0.2, 0.25) is 0 Å². The van der Waals surface area contributed by atoms with Gasteiger partial charge in [0.2, 0.25) is 0 Å². The van der Waals surface area contributed by atoms with E-state index in [0.717, 1.165) is 25.9 Å². The van der Waals surface area contributed by atoms with Crippen LogP contribution in [0, 0.1) is 5.92 Å². The van der Waals surface area contributed by atoms with Crippen molar-refractivity contribution in [3.05, 3.63) is 59.7 Å². The van der Waals surface area contributed by atoms with E-state index in [9.17, 15) is 9.59 Å². The zero-order valence-electron chi connectivity index (χ0n) is 14.2. The predicted molar refractivity (Wildman–Crippen MR) is 94.1 cm³/mol. The minimum atomic E-state index is -0.198. The molecular formula is C20H21NO4. The fourth-order valence-electron chi connectivity index (χ4n) is 2.84.